The van der Waals surface area contributed by atoms with Crippen LogP contribution < -0.4 is 18.9 Å². The SMILES string of the molecule is CC(=O)Oc1ccc(C(C)(C)c2ccc(OC(=O)c3ccc(C(=O)Oc4ccc(C(C)(C)c5ccc(OC(=O)c6cccc(C(C)=O)c6)c(C)c5)cc4C)cc3)c(C)c2)cc1C. The van der Waals surface area contributed by atoms with Crippen LogP contribution in [0.5, 0.6) is 23.0 Å². The van der Waals surface area contributed by atoms with Crippen molar-refractivity contribution in [2.45, 2.75) is 80.1 Å². The molecule has 0 radical (unpaired) electrons. The number of ether oxygens (including phenoxy) is 4. The van der Waals surface area contributed by atoms with Crippen LogP contribution in [-0.4, -0.2) is 29.7 Å². The Balaban J connectivity index is 1.08. The van der Waals surface area contributed by atoms with Gasteiger partial charge in [0.25, 0.3) is 0 Å². The van der Waals surface area contributed by atoms with Gasteiger partial charge in [-0.25, -0.2) is 14.4 Å². The Morgan fingerprint density at radius 1 is 0.371 bits per heavy atom. The highest BCUT2D eigenvalue weighted by molar-refractivity contribution is 5.98. The van der Waals surface area contributed by atoms with Gasteiger partial charge in [0, 0.05) is 23.3 Å². The summed E-state index contributed by atoms with van der Waals surface area (Å²) < 4.78 is 22.6. The molecule has 6 rings (SSSR count). The molecule has 0 spiro atoms. The molecule has 0 saturated carbocycles. The molecule has 6 aromatic rings. The maximum absolute atomic E-state index is 13.3. The fraction of sp³-hybridized carbons (Fsp3) is 0.226. The van der Waals surface area contributed by atoms with Gasteiger partial charge in [-0.05, 0) is 140 Å². The lowest BCUT2D eigenvalue weighted by molar-refractivity contribution is -0.131. The lowest BCUT2D eigenvalue weighted by Crippen LogP contribution is -2.20. The molecule has 9 nitrogen and oxygen atoms in total. The Morgan fingerprint density at radius 2 is 0.677 bits per heavy atom. The Hall–Kier alpha value is -7.13. The van der Waals surface area contributed by atoms with Crippen LogP contribution in [0.3, 0.4) is 0 Å². The minimum atomic E-state index is -0.570. The molecule has 0 fully saturated rings. The van der Waals surface area contributed by atoms with E-state index in [9.17, 15) is 24.0 Å². The van der Waals surface area contributed by atoms with E-state index in [0.717, 1.165) is 44.5 Å². The number of Topliss-reactive ketones (excluding diaryl/α,β-unsaturated/α-hetero) is 1. The molecule has 0 unspecified atom stereocenters. The maximum atomic E-state index is 13.3. The third kappa shape index (κ3) is 9.74. The van der Waals surface area contributed by atoms with Crippen LogP contribution in [0.1, 0.15) is 127 Å². The molecule has 0 saturated heterocycles. The van der Waals surface area contributed by atoms with Gasteiger partial charge in [-0.3, -0.25) is 9.59 Å². The van der Waals surface area contributed by atoms with Crippen molar-refractivity contribution in [2.24, 2.45) is 0 Å². The zero-order valence-electron chi connectivity index (χ0n) is 36.7. The Bertz CT molecular complexity index is 2740. The fourth-order valence-electron chi connectivity index (χ4n) is 7.18. The van der Waals surface area contributed by atoms with E-state index in [1.165, 1.54) is 44.2 Å². The Morgan fingerprint density at radius 3 is 0.984 bits per heavy atom. The summed E-state index contributed by atoms with van der Waals surface area (Å²) in [6.07, 6.45) is 0. The first-order valence-electron chi connectivity index (χ1n) is 20.2. The lowest BCUT2D eigenvalue weighted by atomic mass is 9.77. The Kier molecular flexibility index (Phi) is 12.8. The van der Waals surface area contributed by atoms with E-state index in [2.05, 4.69) is 27.7 Å². The number of hydrogen-bond donors (Lipinski definition) is 0. The molecule has 9 heteroatoms. The van der Waals surface area contributed by atoms with E-state index in [4.69, 9.17) is 18.9 Å². The van der Waals surface area contributed by atoms with E-state index < -0.39 is 28.7 Å². The number of benzene rings is 6. The summed E-state index contributed by atoms with van der Waals surface area (Å²) in [5.74, 6) is -0.410. The summed E-state index contributed by atoms with van der Waals surface area (Å²) >= 11 is 0. The van der Waals surface area contributed by atoms with Crippen molar-refractivity contribution < 1.29 is 42.9 Å². The molecule has 0 aromatic heterocycles. The zero-order chi connectivity index (χ0) is 45.1. The predicted molar refractivity (Wildman–Crippen MR) is 238 cm³/mol. The van der Waals surface area contributed by atoms with Crippen LogP contribution >= 0.6 is 0 Å². The van der Waals surface area contributed by atoms with Gasteiger partial charge in [0.1, 0.15) is 23.0 Å². The first-order valence-corrected chi connectivity index (χ1v) is 20.2. The highest BCUT2D eigenvalue weighted by atomic mass is 16.5. The first kappa shape index (κ1) is 44.4. The topological polar surface area (TPSA) is 122 Å². The fourth-order valence-corrected chi connectivity index (χ4v) is 7.18. The molecule has 0 atom stereocenters. The summed E-state index contributed by atoms with van der Waals surface area (Å²) in [4.78, 5) is 62.6. The van der Waals surface area contributed by atoms with Crippen molar-refractivity contribution in [3.8, 4) is 23.0 Å². The summed E-state index contributed by atoms with van der Waals surface area (Å²) in [6.45, 7) is 18.7. The monoisotopic (exact) mass is 830 g/mol. The predicted octanol–water partition coefficient (Wildman–Crippen LogP) is 11.4. The van der Waals surface area contributed by atoms with Crippen LogP contribution in [0.15, 0.2) is 121 Å². The zero-order valence-corrected chi connectivity index (χ0v) is 36.7. The second-order valence-corrected chi connectivity index (χ2v) is 16.6. The minimum absolute atomic E-state index is 0.134. The molecule has 0 bridgehead atoms. The largest absolute Gasteiger partial charge is 0.426 e. The van der Waals surface area contributed by atoms with Gasteiger partial charge in [-0.1, -0.05) is 88.4 Å². The average Bonchev–Trinajstić information content (AvgIpc) is 3.23. The maximum Gasteiger partial charge on any atom is 0.343 e. The van der Waals surface area contributed by atoms with Gasteiger partial charge in [-0.15, -0.1) is 0 Å². The van der Waals surface area contributed by atoms with Crippen molar-refractivity contribution >= 4 is 29.7 Å². The number of aryl methyl sites for hydroxylation is 4. The second-order valence-electron chi connectivity index (χ2n) is 16.6. The molecule has 0 aliphatic rings. The molecule has 0 aliphatic carbocycles. The summed E-state index contributed by atoms with van der Waals surface area (Å²) in [5, 5.41) is 0. The Labute approximate surface area is 362 Å². The quantitative estimate of drug-likeness (QED) is 0.0674. The van der Waals surface area contributed by atoms with Crippen LogP contribution in [0.4, 0.5) is 0 Å². The van der Waals surface area contributed by atoms with Gasteiger partial charge >= 0.3 is 23.9 Å². The molecule has 0 heterocycles. The van der Waals surface area contributed by atoms with Gasteiger partial charge in [-0.2, -0.15) is 0 Å². The van der Waals surface area contributed by atoms with E-state index in [-0.39, 0.29) is 22.9 Å². The van der Waals surface area contributed by atoms with E-state index in [1.807, 2.05) is 76.2 Å². The summed E-state index contributed by atoms with van der Waals surface area (Å²) in [5.41, 5.74) is 7.63. The number of carbonyl (C=O) groups excluding carboxylic acids is 5. The average molecular weight is 831 g/mol. The molecule has 6 aromatic carbocycles. The number of ketones is 1. The number of esters is 4. The third-order valence-electron chi connectivity index (χ3n) is 11.3. The minimum Gasteiger partial charge on any atom is -0.426 e. The van der Waals surface area contributed by atoms with Gasteiger partial charge in [0.2, 0.25) is 0 Å². The third-order valence-corrected chi connectivity index (χ3v) is 11.3. The van der Waals surface area contributed by atoms with Crippen molar-refractivity contribution in [3.63, 3.8) is 0 Å². The molecule has 316 valence electrons. The van der Waals surface area contributed by atoms with Crippen molar-refractivity contribution in [1.82, 2.24) is 0 Å². The molecule has 0 amide bonds. The molecule has 62 heavy (non-hydrogen) atoms. The summed E-state index contributed by atoms with van der Waals surface area (Å²) in [6, 6.07) is 35.4. The van der Waals surface area contributed by atoms with Crippen molar-refractivity contribution in [1.29, 1.82) is 0 Å². The molecular formula is C53H50O9. The van der Waals surface area contributed by atoms with Crippen LogP contribution in [-0.2, 0) is 15.6 Å². The van der Waals surface area contributed by atoms with Crippen molar-refractivity contribution in [3.05, 3.63) is 188 Å². The standard InChI is InChI=1S/C53H50O9/c1-31-26-41(18-22-45(31)59-36(6)55)52(7,8)42-19-23-46(32(2)27-42)60-49(56)37-14-16-38(17-15-37)50(57)61-47-24-20-43(28-33(47)3)53(9,10)44-21-25-48(34(4)29-44)62-51(58)40-13-11-12-39(30-40)35(5)54/h11-30H,1-10H3. The lowest BCUT2D eigenvalue weighted by Gasteiger charge is -2.27. The van der Waals surface area contributed by atoms with E-state index in [1.54, 1.807) is 42.5 Å². The van der Waals surface area contributed by atoms with Crippen LogP contribution in [0.25, 0.3) is 0 Å². The van der Waals surface area contributed by atoms with E-state index >= 15 is 0 Å². The summed E-state index contributed by atoms with van der Waals surface area (Å²) in [7, 11) is 0. The smallest absolute Gasteiger partial charge is 0.343 e. The van der Waals surface area contributed by atoms with Crippen LogP contribution in [0.2, 0.25) is 0 Å². The number of hydrogen-bond acceptors (Lipinski definition) is 9. The van der Waals surface area contributed by atoms with Gasteiger partial charge < -0.3 is 18.9 Å². The molecular weight excluding hydrogens is 781 g/mol. The van der Waals surface area contributed by atoms with Crippen LogP contribution in [0, 0.1) is 27.7 Å². The number of rotatable bonds is 12. The molecule has 0 N–H and O–H groups in total. The van der Waals surface area contributed by atoms with Gasteiger partial charge in [0.15, 0.2) is 5.78 Å². The second kappa shape index (κ2) is 17.8. The van der Waals surface area contributed by atoms with Crippen molar-refractivity contribution in [2.75, 3.05) is 0 Å². The highest BCUT2D eigenvalue weighted by Gasteiger charge is 2.27. The van der Waals surface area contributed by atoms with E-state index in [0.29, 0.717) is 34.1 Å². The number of carbonyl (C=O) groups is 5. The molecule has 0 aliphatic heterocycles. The highest BCUT2D eigenvalue weighted by Crippen LogP contribution is 2.38. The van der Waals surface area contributed by atoms with Gasteiger partial charge in [0.05, 0.1) is 16.7 Å². The first-order chi connectivity index (χ1) is 29.2. The normalized spacial score (nSPS) is 11.4.